The summed E-state index contributed by atoms with van der Waals surface area (Å²) in [4.78, 5) is 0. The highest BCUT2D eigenvalue weighted by atomic mass is 31.0. The van der Waals surface area contributed by atoms with Crippen LogP contribution in [-0.2, 0) is 0 Å². The minimum Gasteiger partial charge on any atom is -0.303 e. The van der Waals surface area contributed by atoms with Gasteiger partial charge in [0.1, 0.15) is 0 Å². The fourth-order valence-corrected chi connectivity index (χ4v) is 2.37. The number of allylic oxidation sites excluding steroid dienone is 3. The first kappa shape index (κ1) is 12.5. The van der Waals surface area contributed by atoms with Crippen LogP contribution in [0, 0.1) is 5.92 Å². The predicted octanol–water partition coefficient (Wildman–Crippen LogP) is 3.67. The van der Waals surface area contributed by atoms with Crippen LogP contribution in [-0.4, -0.2) is 6.54 Å². The molecule has 90 valence electrons. The van der Waals surface area contributed by atoms with Gasteiger partial charge in [-0.05, 0) is 17.9 Å². The van der Waals surface area contributed by atoms with Crippen LogP contribution in [0.25, 0.3) is 0 Å². The minimum absolute atomic E-state index is 0.329. The quantitative estimate of drug-likeness (QED) is 0.798. The monoisotopic (exact) mass is 245 g/mol. The third-order valence-corrected chi connectivity index (χ3v) is 3.87. The van der Waals surface area contributed by atoms with E-state index in [4.69, 9.17) is 0 Å². The Morgan fingerprint density at radius 1 is 1.35 bits per heavy atom. The van der Waals surface area contributed by atoms with Gasteiger partial charge in [-0.15, -0.1) is 9.24 Å². The molecule has 1 aliphatic rings. The van der Waals surface area contributed by atoms with Gasteiger partial charge >= 0.3 is 0 Å². The number of hydrogen-bond donors (Lipinski definition) is 1. The van der Waals surface area contributed by atoms with Gasteiger partial charge in [-0.25, -0.2) is 0 Å². The summed E-state index contributed by atoms with van der Waals surface area (Å²) in [6.07, 6.45) is 7.81. The molecule has 17 heavy (non-hydrogen) atoms. The van der Waals surface area contributed by atoms with Gasteiger partial charge in [0.15, 0.2) is 0 Å². The highest BCUT2D eigenvalue weighted by molar-refractivity contribution is 7.17. The highest BCUT2D eigenvalue weighted by Crippen LogP contribution is 2.23. The largest absolute Gasteiger partial charge is 0.303 e. The van der Waals surface area contributed by atoms with E-state index >= 15 is 0 Å². The lowest BCUT2D eigenvalue weighted by molar-refractivity contribution is 0.616. The molecule has 0 heterocycles. The van der Waals surface area contributed by atoms with E-state index in [0.29, 0.717) is 11.7 Å². The van der Waals surface area contributed by atoms with Gasteiger partial charge in [0.05, 0.1) is 0 Å². The molecule has 1 aliphatic carbocycles. The molecule has 1 N–H and O–H groups in total. The van der Waals surface area contributed by atoms with E-state index in [-0.39, 0.29) is 0 Å². The topological polar surface area (TPSA) is 12.0 Å². The van der Waals surface area contributed by atoms with Crippen molar-refractivity contribution >= 4 is 9.24 Å². The number of rotatable bonds is 4. The summed E-state index contributed by atoms with van der Waals surface area (Å²) in [5.74, 6) is 0.996. The summed E-state index contributed by atoms with van der Waals surface area (Å²) in [6, 6.07) is 10.5. The highest BCUT2D eigenvalue weighted by Gasteiger charge is 2.11. The van der Waals surface area contributed by atoms with Crippen molar-refractivity contribution in [3.8, 4) is 0 Å². The second-order valence-corrected chi connectivity index (χ2v) is 5.24. The Morgan fingerprint density at radius 2 is 2.12 bits per heavy atom. The van der Waals surface area contributed by atoms with Gasteiger partial charge in [-0.2, -0.15) is 0 Å². The lowest BCUT2D eigenvalue weighted by Crippen LogP contribution is -2.22. The fourth-order valence-electron chi connectivity index (χ4n) is 2.03. The lowest BCUT2D eigenvalue weighted by Gasteiger charge is -2.20. The molecule has 3 atom stereocenters. The molecule has 0 aromatic heterocycles. The summed E-state index contributed by atoms with van der Waals surface area (Å²) in [6.45, 7) is 3.26. The SMILES string of the molecule is CC1CC=CC=C1CNC(P)c1ccccc1. The standard InChI is InChI=1S/C15H20NP/c1-12-7-5-6-10-14(12)11-16-15(17)13-8-3-2-4-9-13/h2-6,8-10,12,15-16H,7,11,17H2,1H3. The first-order valence-electron chi connectivity index (χ1n) is 6.17. The number of benzene rings is 1. The van der Waals surface area contributed by atoms with Crippen molar-refractivity contribution in [2.45, 2.75) is 19.1 Å². The molecule has 3 unspecified atom stereocenters. The van der Waals surface area contributed by atoms with E-state index < -0.39 is 0 Å². The van der Waals surface area contributed by atoms with Gasteiger partial charge in [0.2, 0.25) is 0 Å². The first-order chi connectivity index (χ1) is 8.27. The van der Waals surface area contributed by atoms with Crippen LogP contribution in [0.4, 0.5) is 0 Å². The van der Waals surface area contributed by atoms with E-state index in [1.54, 1.807) is 0 Å². The Morgan fingerprint density at radius 3 is 2.82 bits per heavy atom. The Kier molecular flexibility index (Phi) is 4.53. The molecule has 1 nitrogen and oxygen atoms in total. The normalized spacial score (nSPS) is 21.1. The summed E-state index contributed by atoms with van der Waals surface area (Å²) < 4.78 is 0. The molecule has 0 amide bonds. The van der Waals surface area contributed by atoms with E-state index in [1.165, 1.54) is 17.6 Å². The third-order valence-electron chi connectivity index (χ3n) is 3.25. The van der Waals surface area contributed by atoms with Crippen LogP contribution in [0.15, 0.2) is 54.1 Å². The lowest BCUT2D eigenvalue weighted by atomic mass is 9.93. The van der Waals surface area contributed by atoms with Crippen molar-refractivity contribution in [2.75, 3.05) is 6.54 Å². The Bertz CT molecular complexity index is 408. The molecule has 1 aromatic rings. The molecule has 0 saturated carbocycles. The maximum Gasteiger partial charge on any atom is 0.0466 e. The third kappa shape index (κ3) is 3.52. The van der Waals surface area contributed by atoms with Gasteiger partial charge in [-0.3, -0.25) is 0 Å². The van der Waals surface area contributed by atoms with Gasteiger partial charge in [0.25, 0.3) is 0 Å². The van der Waals surface area contributed by atoms with E-state index in [1.807, 2.05) is 0 Å². The molecular weight excluding hydrogens is 225 g/mol. The number of hydrogen-bond acceptors (Lipinski definition) is 1. The maximum absolute atomic E-state index is 3.56. The van der Waals surface area contributed by atoms with Crippen molar-refractivity contribution in [2.24, 2.45) is 5.92 Å². The van der Waals surface area contributed by atoms with Crippen LogP contribution in [0.2, 0.25) is 0 Å². The number of nitrogens with one attached hydrogen (secondary N) is 1. The minimum atomic E-state index is 0.329. The zero-order valence-corrected chi connectivity index (χ0v) is 11.4. The van der Waals surface area contributed by atoms with E-state index in [9.17, 15) is 0 Å². The zero-order valence-electron chi connectivity index (χ0n) is 10.3. The Hall–Kier alpha value is -0.910. The molecule has 0 spiro atoms. The Balaban J connectivity index is 1.90. The maximum atomic E-state index is 3.56. The van der Waals surface area contributed by atoms with Gasteiger partial charge in [0, 0.05) is 12.3 Å². The molecule has 0 saturated heterocycles. The molecule has 0 fully saturated rings. The zero-order chi connectivity index (χ0) is 12.1. The first-order valence-corrected chi connectivity index (χ1v) is 6.83. The Labute approximate surface area is 106 Å². The van der Waals surface area contributed by atoms with Crippen molar-refractivity contribution in [1.29, 1.82) is 0 Å². The van der Waals surface area contributed by atoms with Crippen LogP contribution in [0.1, 0.15) is 24.7 Å². The molecule has 1 aromatic carbocycles. The molecule has 0 radical (unpaired) electrons. The average Bonchev–Trinajstić information content (AvgIpc) is 2.38. The van der Waals surface area contributed by atoms with Crippen molar-refractivity contribution in [3.63, 3.8) is 0 Å². The second-order valence-electron chi connectivity index (χ2n) is 4.58. The average molecular weight is 245 g/mol. The van der Waals surface area contributed by atoms with Gasteiger partial charge in [-0.1, -0.05) is 61.1 Å². The molecule has 0 aliphatic heterocycles. The van der Waals surface area contributed by atoms with Crippen LogP contribution in [0.3, 0.4) is 0 Å². The van der Waals surface area contributed by atoms with Crippen molar-refractivity contribution in [1.82, 2.24) is 5.32 Å². The molecular formula is C15H20NP. The van der Waals surface area contributed by atoms with E-state index in [2.05, 4.69) is 70.0 Å². The predicted molar refractivity (Wildman–Crippen MR) is 77.9 cm³/mol. The summed E-state index contributed by atoms with van der Waals surface area (Å²) in [5, 5.41) is 3.56. The van der Waals surface area contributed by atoms with Crippen molar-refractivity contribution in [3.05, 3.63) is 59.7 Å². The van der Waals surface area contributed by atoms with Crippen LogP contribution < -0.4 is 5.32 Å². The van der Waals surface area contributed by atoms with Crippen molar-refractivity contribution < 1.29 is 0 Å². The second kappa shape index (κ2) is 6.14. The summed E-state index contributed by atoms with van der Waals surface area (Å²) >= 11 is 0. The van der Waals surface area contributed by atoms with Crippen LogP contribution in [0.5, 0.6) is 0 Å². The summed E-state index contributed by atoms with van der Waals surface area (Å²) in [7, 11) is 2.87. The fraction of sp³-hybridized carbons (Fsp3) is 0.333. The molecule has 2 heteroatoms. The molecule has 2 rings (SSSR count). The van der Waals surface area contributed by atoms with Crippen LogP contribution >= 0.6 is 9.24 Å². The summed E-state index contributed by atoms with van der Waals surface area (Å²) in [5.41, 5.74) is 2.81. The van der Waals surface area contributed by atoms with E-state index in [0.717, 1.165) is 6.54 Å². The smallest absolute Gasteiger partial charge is 0.0466 e. The van der Waals surface area contributed by atoms with Gasteiger partial charge < -0.3 is 5.32 Å². The molecule has 0 bridgehead atoms.